The molecule has 0 aliphatic carbocycles. The van der Waals surface area contributed by atoms with Gasteiger partial charge in [-0.3, -0.25) is 19.5 Å². The molecule has 2 saturated heterocycles. The Labute approximate surface area is 143 Å². The number of hydrogen-bond acceptors (Lipinski definition) is 4. The summed E-state index contributed by atoms with van der Waals surface area (Å²) >= 11 is 0. The van der Waals surface area contributed by atoms with Crippen LogP contribution in [0.3, 0.4) is 0 Å². The lowest BCUT2D eigenvalue weighted by Crippen LogP contribution is -2.51. The zero-order chi connectivity index (χ0) is 17.1. The monoisotopic (exact) mass is 330 g/mol. The minimum atomic E-state index is -0.153. The predicted molar refractivity (Wildman–Crippen MR) is 91.2 cm³/mol. The Hall–Kier alpha value is -1.95. The third kappa shape index (κ3) is 3.43. The summed E-state index contributed by atoms with van der Waals surface area (Å²) < 4.78 is 0. The Morgan fingerprint density at radius 1 is 1.33 bits per heavy atom. The third-order valence-electron chi connectivity index (χ3n) is 5.29. The number of hydrogen-bond donors (Lipinski definition) is 0. The number of carbonyl (C=O) groups is 2. The van der Waals surface area contributed by atoms with E-state index < -0.39 is 0 Å². The molecular formula is C18H26N4O2. The fourth-order valence-corrected chi connectivity index (χ4v) is 3.66. The molecule has 1 aromatic rings. The van der Waals surface area contributed by atoms with Crippen LogP contribution in [0.2, 0.25) is 0 Å². The highest BCUT2D eigenvalue weighted by molar-refractivity contribution is 5.89. The van der Waals surface area contributed by atoms with Crippen LogP contribution in [0.15, 0.2) is 24.5 Å². The highest BCUT2D eigenvalue weighted by Crippen LogP contribution is 2.23. The van der Waals surface area contributed by atoms with Crippen molar-refractivity contribution < 1.29 is 9.59 Å². The molecule has 0 bridgehead atoms. The molecule has 0 unspecified atom stereocenters. The van der Waals surface area contributed by atoms with Crippen molar-refractivity contribution in [3.8, 4) is 0 Å². The van der Waals surface area contributed by atoms with Gasteiger partial charge in [-0.15, -0.1) is 0 Å². The van der Waals surface area contributed by atoms with Crippen LogP contribution in [-0.4, -0.2) is 70.8 Å². The molecule has 2 aliphatic rings. The molecule has 3 heterocycles. The molecule has 6 nitrogen and oxygen atoms in total. The predicted octanol–water partition coefficient (Wildman–Crippen LogP) is 1.16. The molecule has 0 saturated carbocycles. The largest absolute Gasteiger partial charge is 0.342 e. The first-order valence-corrected chi connectivity index (χ1v) is 8.80. The van der Waals surface area contributed by atoms with Crippen LogP contribution in [0.1, 0.15) is 31.9 Å². The van der Waals surface area contributed by atoms with Gasteiger partial charge in [0.25, 0.3) is 0 Å². The Morgan fingerprint density at radius 3 is 2.67 bits per heavy atom. The van der Waals surface area contributed by atoms with Gasteiger partial charge in [-0.05, 0) is 25.5 Å². The molecule has 0 N–H and O–H groups in total. The van der Waals surface area contributed by atoms with Crippen molar-refractivity contribution in [3.05, 3.63) is 30.1 Å². The van der Waals surface area contributed by atoms with Gasteiger partial charge in [0.1, 0.15) is 0 Å². The van der Waals surface area contributed by atoms with Crippen LogP contribution in [-0.2, 0) is 9.59 Å². The van der Waals surface area contributed by atoms with Gasteiger partial charge < -0.3 is 9.80 Å². The summed E-state index contributed by atoms with van der Waals surface area (Å²) in [6.45, 7) is 8.62. The third-order valence-corrected chi connectivity index (χ3v) is 5.29. The van der Waals surface area contributed by atoms with Crippen molar-refractivity contribution in [3.63, 3.8) is 0 Å². The lowest BCUT2D eigenvalue weighted by Gasteiger charge is -2.39. The van der Waals surface area contributed by atoms with Gasteiger partial charge in [0, 0.05) is 64.1 Å². The molecule has 0 spiro atoms. The van der Waals surface area contributed by atoms with Gasteiger partial charge >= 0.3 is 0 Å². The van der Waals surface area contributed by atoms with E-state index in [1.165, 1.54) is 5.56 Å². The maximum absolute atomic E-state index is 12.7. The van der Waals surface area contributed by atoms with Crippen molar-refractivity contribution in [2.75, 3.05) is 39.3 Å². The number of carbonyl (C=O) groups excluding carboxylic acids is 2. The van der Waals surface area contributed by atoms with E-state index in [1.54, 1.807) is 11.1 Å². The average Bonchev–Trinajstić information content (AvgIpc) is 3.02. The van der Waals surface area contributed by atoms with Crippen molar-refractivity contribution in [2.45, 2.75) is 26.3 Å². The molecule has 1 aromatic heterocycles. The van der Waals surface area contributed by atoms with E-state index in [-0.39, 0.29) is 17.7 Å². The summed E-state index contributed by atoms with van der Waals surface area (Å²) in [5.41, 5.74) is 1.21. The minimum absolute atomic E-state index is 0.111. The van der Waals surface area contributed by atoms with E-state index in [0.717, 1.165) is 26.2 Å². The first-order chi connectivity index (χ1) is 11.6. The van der Waals surface area contributed by atoms with Gasteiger partial charge in [0.15, 0.2) is 0 Å². The topological polar surface area (TPSA) is 56.8 Å². The number of amides is 2. The van der Waals surface area contributed by atoms with Crippen LogP contribution >= 0.6 is 0 Å². The smallest absolute Gasteiger partial charge is 0.228 e. The van der Waals surface area contributed by atoms with E-state index in [9.17, 15) is 9.59 Å². The lowest BCUT2D eigenvalue weighted by atomic mass is 10.1. The number of aromatic nitrogens is 1. The standard InChI is InChI=1S/C18H26N4O2/c1-3-20-13-16(11-17(20)23)18(24)22-9-7-21(8-10-22)14(2)15-5-4-6-19-12-15/h4-6,12,14,16H,3,7-11,13H2,1-2H3/t14-,16-/m1/s1. The Morgan fingerprint density at radius 2 is 2.08 bits per heavy atom. The van der Waals surface area contributed by atoms with Gasteiger partial charge in [0.2, 0.25) is 11.8 Å². The first kappa shape index (κ1) is 16.9. The van der Waals surface area contributed by atoms with Gasteiger partial charge in [-0.25, -0.2) is 0 Å². The van der Waals surface area contributed by atoms with E-state index in [4.69, 9.17) is 0 Å². The van der Waals surface area contributed by atoms with Crippen molar-refractivity contribution in [1.29, 1.82) is 0 Å². The summed E-state index contributed by atoms with van der Waals surface area (Å²) in [5.74, 6) is 0.104. The fraction of sp³-hybridized carbons (Fsp3) is 0.611. The molecule has 2 amide bonds. The van der Waals surface area contributed by atoms with E-state index in [1.807, 2.05) is 24.1 Å². The maximum atomic E-state index is 12.7. The lowest BCUT2D eigenvalue weighted by molar-refractivity contribution is -0.137. The second-order valence-corrected chi connectivity index (χ2v) is 6.66. The number of piperazine rings is 1. The highest BCUT2D eigenvalue weighted by atomic mass is 16.2. The molecule has 6 heteroatoms. The summed E-state index contributed by atoms with van der Waals surface area (Å²) in [5, 5.41) is 0. The van der Waals surface area contributed by atoms with Gasteiger partial charge in [-0.1, -0.05) is 6.07 Å². The van der Waals surface area contributed by atoms with E-state index >= 15 is 0 Å². The second-order valence-electron chi connectivity index (χ2n) is 6.66. The molecular weight excluding hydrogens is 304 g/mol. The summed E-state index contributed by atoms with van der Waals surface area (Å²) in [4.78, 5) is 34.8. The van der Waals surface area contributed by atoms with Gasteiger partial charge in [0.05, 0.1) is 5.92 Å². The van der Waals surface area contributed by atoms with Crippen LogP contribution < -0.4 is 0 Å². The molecule has 0 radical (unpaired) electrons. The van der Waals surface area contributed by atoms with E-state index in [0.29, 0.717) is 25.6 Å². The Kier molecular flexibility index (Phi) is 5.14. The zero-order valence-corrected chi connectivity index (χ0v) is 14.5. The fourth-order valence-electron chi connectivity index (χ4n) is 3.66. The van der Waals surface area contributed by atoms with Crippen molar-refractivity contribution in [2.24, 2.45) is 5.92 Å². The van der Waals surface area contributed by atoms with Crippen LogP contribution in [0.4, 0.5) is 0 Å². The number of pyridine rings is 1. The van der Waals surface area contributed by atoms with Crippen LogP contribution in [0.25, 0.3) is 0 Å². The molecule has 0 aromatic carbocycles. The van der Waals surface area contributed by atoms with Crippen molar-refractivity contribution in [1.82, 2.24) is 19.7 Å². The SMILES string of the molecule is CCN1C[C@H](C(=O)N2CCN([C@H](C)c3cccnc3)CC2)CC1=O. The quantitative estimate of drug-likeness (QED) is 0.831. The summed E-state index contributed by atoms with van der Waals surface area (Å²) in [6.07, 6.45) is 4.07. The van der Waals surface area contributed by atoms with Crippen molar-refractivity contribution >= 4 is 11.8 Å². The Bertz CT molecular complexity index is 584. The van der Waals surface area contributed by atoms with Gasteiger partial charge in [-0.2, -0.15) is 0 Å². The molecule has 2 atom stereocenters. The maximum Gasteiger partial charge on any atom is 0.228 e. The summed E-state index contributed by atoms with van der Waals surface area (Å²) in [6, 6.07) is 4.36. The second kappa shape index (κ2) is 7.30. The van der Waals surface area contributed by atoms with E-state index in [2.05, 4.69) is 22.9 Å². The Balaban J connectivity index is 1.53. The highest BCUT2D eigenvalue weighted by Gasteiger charge is 2.36. The van der Waals surface area contributed by atoms with Crippen LogP contribution in [0, 0.1) is 5.92 Å². The number of nitrogens with zero attached hydrogens (tertiary/aromatic N) is 4. The molecule has 130 valence electrons. The zero-order valence-electron chi connectivity index (χ0n) is 14.5. The normalized spacial score (nSPS) is 23.6. The molecule has 3 rings (SSSR count). The molecule has 2 aliphatic heterocycles. The van der Waals surface area contributed by atoms with Crippen LogP contribution in [0.5, 0.6) is 0 Å². The number of rotatable bonds is 4. The average molecular weight is 330 g/mol. The molecule has 2 fully saturated rings. The molecule has 24 heavy (non-hydrogen) atoms. The minimum Gasteiger partial charge on any atom is -0.342 e. The summed E-state index contributed by atoms with van der Waals surface area (Å²) in [7, 11) is 0. The first-order valence-electron chi connectivity index (χ1n) is 8.80. The number of likely N-dealkylation sites (tertiary alicyclic amines) is 1.